The summed E-state index contributed by atoms with van der Waals surface area (Å²) < 4.78 is 3.49. The monoisotopic (exact) mass is 280 g/mol. The van der Waals surface area contributed by atoms with Gasteiger partial charge in [0, 0.05) is 30.2 Å². The molecule has 0 saturated heterocycles. The Morgan fingerprint density at radius 3 is 2.84 bits per heavy atom. The highest BCUT2D eigenvalue weighted by molar-refractivity contribution is 7.09. The van der Waals surface area contributed by atoms with E-state index in [1.807, 2.05) is 0 Å². The van der Waals surface area contributed by atoms with E-state index >= 15 is 0 Å². The summed E-state index contributed by atoms with van der Waals surface area (Å²) in [5.41, 5.74) is 0.311. The molecule has 1 heterocycles. The highest BCUT2D eigenvalue weighted by Gasteiger charge is 2.17. The van der Waals surface area contributed by atoms with Crippen LogP contribution in [0.4, 0.5) is 16.5 Å². The summed E-state index contributed by atoms with van der Waals surface area (Å²) in [6, 6.07) is 4.13. The molecule has 0 fully saturated rings. The Bertz CT molecular complexity index is 614. The summed E-state index contributed by atoms with van der Waals surface area (Å²) in [6.45, 7) is 0. The highest BCUT2D eigenvalue weighted by Crippen LogP contribution is 2.25. The third kappa shape index (κ3) is 2.80. The van der Waals surface area contributed by atoms with Gasteiger partial charge in [-0.25, -0.2) is 0 Å². The third-order valence-electron chi connectivity index (χ3n) is 2.25. The van der Waals surface area contributed by atoms with E-state index in [1.165, 1.54) is 18.2 Å². The molecule has 1 amide bonds. The molecule has 1 aromatic heterocycles. The van der Waals surface area contributed by atoms with Gasteiger partial charge in [-0.3, -0.25) is 20.2 Å². The number of nitrogens with zero attached hydrogens (tertiary/aromatic N) is 4. The molecule has 98 valence electrons. The normalized spacial score (nSPS) is 9.95. The largest absolute Gasteiger partial charge is 0.383 e. The van der Waals surface area contributed by atoms with Crippen LogP contribution in [0.15, 0.2) is 18.2 Å². The van der Waals surface area contributed by atoms with E-state index in [4.69, 9.17) is 0 Å². The standard InChI is InChI=1S/C9H8N6O3S/c1-10-6-3-2-5(4-7(6)15(17)18)8(16)11-9-12-13-14-19-9/h2-4,10H,1H3,(H,11,12,14,16). The average molecular weight is 280 g/mol. The average Bonchev–Trinajstić information content (AvgIpc) is 2.90. The summed E-state index contributed by atoms with van der Waals surface area (Å²) in [6.07, 6.45) is 0. The van der Waals surface area contributed by atoms with Crippen molar-refractivity contribution in [2.45, 2.75) is 0 Å². The molecule has 19 heavy (non-hydrogen) atoms. The van der Waals surface area contributed by atoms with Crippen LogP contribution in [0.3, 0.4) is 0 Å². The summed E-state index contributed by atoms with van der Waals surface area (Å²) in [5, 5.41) is 23.1. The van der Waals surface area contributed by atoms with Gasteiger partial charge in [0.25, 0.3) is 11.6 Å². The number of nitrogens with one attached hydrogen (secondary N) is 2. The molecule has 0 aliphatic heterocycles. The van der Waals surface area contributed by atoms with Crippen LogP contribution in [-0.4, -0.2) is 32.7 Å². The first-order valence-corrected chi connectivity index (χ1v) is 5.81. The van der Waals surface area contributed by atoms with Gasteiger partial charge in [0.15, 0.2) is 0 Å². The Kier molecular flexibility index (Phi) is 3.61. The molecule has 2 aromatic rings. The van der Waals surface area contributed by atoms with Gasteiger partial charge in [0.05, 0.1) is 4.92 Å². The van der Waals surface area contributed by atoms with E-state index in [9.17, 15) is 14.9 Å². The molecular formula is C9H8N6O3S. The van der Waals surface area contributed by atoms with Crippen molar-refractivity contribution in [3.63, 3.8) is 0 Å². The van der Waals surface area contributed by atoms with Crippen molar-refractivity contribution in [1.29, 1.82) is 0 Å². The predicted molar refractivity (Wildman–Crippen MR) is 68.3 cm³/mol. The van der Waals surface area contributed by atoms with E-state index in [1.54, 1.807) is 7.05 Å². The van der Waals surface area contributed by atoms with Crippen molar-refractivity contribution in [2.75, 3.05) is 17.7 Å². The first-order valence-electron chi connectivity index (χ1n) is 5.04. The van der Waals surface area contributed by atoms with Crippen LogP contribution < -0.4 is 10.6 Å². The third-order valence-corrected chi connectivity index (χ3v) is 2.76. The lowest BCUT2D eigenvalue weighted by molar-refractivity contribution is -0.384. The van der Waals surface area contributed by atoms with Crippen LogP contribution in [0.25, 0.3) is 0 Å². The van der Waals surface area contributed by atoms with Crippen molar-refractivity contribution in [2.24, 2.45) is 0 Å². The van der Waals surface area contributed by atoms with Crippen LogP contribution in [0, 0.1) is 10.1 Å². The molecule has 2 N–H and O–H groups in total. The minimum Gasteiger partial charge on any atom is -0.383 e. The number of aromatic nitrogens is 3. The maximum absolute atomic E-state index is 11.8. The molecule has 0 bridgehead atoms. The SMILES string of the molecule is CNc1ccc(C(=O)Nc2nnns2)cc1[N+](=O)[O-]. The van der Waals surface area contributed by atoms with Gasteiger partial charge in [-0.15, -0.1) is 0 Å². The Balaban J connectivity index is 2.27. The lowest BCUT2D eigenvalue weighted by Crippen LogP contribution is -2.12. The first-order chi connectivity index (χ1) is 9.11. The zero-order chi connectivity index (χ0) is 13.8. The fraction of sp³-hybridized carbons (Fsp3) is 0.111. The molecule has 0 atom stereocenters. The smallest absolute Gasteiger partial charge is 0.293 e. The minimum absolute atomic E-state index is 0.154. The molecule has 10 heteroatoms. The van der Waals surface area contributed by atoms with Gasteiger partial charge < -0.3 is 5.32 Å². The fourth-order valence-electron chi connectivity index (χ4n) is 1.39. The zero-order valence-corrected chi connectivity index (χ0v) is 10.5. The summed E-state index contributed by atoms with van der Waals surface area (Å²) in [5.74, 6) is -0.510. The van der Waals surface area contributed by atoms with Crippen molar-refractivity contribution in [3.05, 3.63) is 33.9 Å². The van der Waals surface area contributed by atoms with Crippen molar-refractivity contribution in [1.82, 2.24) is 14.8 Å². The van der Waals surface area contributed by atoms with E-state index in [0.29, 0.717) is 5.69 Å². The minimum atomic E-state index is -0.560. The Hall–Kier alpha value is -2.62. The number of hydrogen-bond donors (Lipinski definition) is 2. The van der Waals surface area contributed by atoms with E-state index in [0.717, 1.165) is 11.5 Å². The lowest BCUT2D eigenvalue weighted by atomic mass is 10.1. The van der Waals surface area contributed by atoms with Crippen LogP contribution in [0.2, 0.25) is 0 Å². The van der Waals surface area contributed by atoms with Crippen LogP contribution in [0.1, 0.15) is 10.4 Å². The maximum Gasteiger partial charge on any atom is 0.293 e. The summed E-state index contributed by atoms with van der Waals surface area (Å²) in [7, 11) is 1.56. The predicted octanol–water partition coefficient (Wildman–Crippen LogP) is 1.14. The summed E-state index contributed by atoms with van der Waals surface area (Å²) in [4.78, 5) is 22.2. The molecule has 0 unspecified atom stereocenters. The maximum atomic E-state index is 11.8. The highest BCUT2D eigenvalue weighted by atomic mass is 32.1. The number of benzene rings is 1. The Morgan fingerprint density at radius 1 is 1.47 bits per heavy atom. The van der Waals surface area contributed by atoms with Crippen molar-refractivity contribution < 1.29 is 9.72 Å². The molecule has 1 aromatic carbocycles. The van der Waals surface area contributed by atoms with Crippen molar-refractivity contribution >= 4 is 33.9 Å². The molecule has 0 saturated carbocycles. The molecule has 9 nitrogen and oxygen atoms in total. The number of carbonyl (C=O) groups is 1. The van der Waals surface area contributed by atoms with Crippen molar-refractivity contribution in [3.8, 4) is 0 Å². The Morgan fingerprint density at radius 2 is 2.26 bits per heavy atom. The Labute approximate surface area is 111 Å². The quantitative estimate of drug-likeness (QED) is 0.635. The van der Waals surface area contributed by atoms with Gasteiger partial charge in [-0.05, 0) is 17.3 Å². The molecule has 0 aliphatic carbocycles. The first kappa shape index (κ1) is 12.8. The number of anilines is 2. The van der Waals surface area contributed by atoms with Crippen LogP contribution in [-0.2, 0) is 0 Å². The van der Waals surface area contributed by atoms with Gasteiger partial charge in [-0.2, -0.15) is 0 Å². The van der Waals surface area contributed by atoms with E-state index in [2.05, 4.69) is 25.4 Å². The van der Waals surface area contributed by atoms with Gasteiger partial charge in [0.2, 0.25) is 5.13 Å². The second-order valence-electron chi connectivity index (χ2n) is 3.36. The van der Waals surface area contributed by atoms with E-state index in [-0.39, 0.29) is 16.4 Å². The molecule has 0 radical (unpaired) electrons. The molecule has 0 spiro atoms. The number of rotatable bonds is 4. The van der Waals surface area contributed by atoms with Crippen LogP contribution in [0.5, 0.6) is 0 Å². The van der Waals surface area contributed by atoms with Gasteiger partial charge in [-0.1, -0.05) is 9.59 Å². The van der Waals surface area contributed by atoms with Gasteiger partial charge in [0.1, 0.15) is 5.69 Å². The van der Waals surface area contributed by atoms with Gasteiger partial charge >= 0.3 is 0 Å². The molecule has 2 rings (SSSR count). The summed E-state index contributed by atoms with van der Waals surface area (Å²) >= 11 is 0.914. The second kappa shape index (κ2) is 5.35. The number of amides is 1. The van der Waals surface area contributed by atoms with Crippen LogP contribution >= 0.6 is 11.5 Å². The number of carbonyl (C=O) groups excluding carboxylic acids is 1. The molecule has 0 aliphatic rings. The number of hydrogen-bond acceptors (Lipinski definition) is 8. The van der Waals surface area contributed by atoms with E-state index < -0.39 is 10.8 Å². The lowest BCUT2D eigenvalue weighted by Gasteiger charge is -2.04. The number of nitro benzene ring substituents is 1. The zero-order valence-electron chi connectivity index (χ0n) is 9.65. The molecular weight excluding hydrogens is 272 g/mol. The topological polar surface area (TPSA) is 123 Å². The number of nitro groups is 1. The second-order valence-corrected chi connectivity index (χ2v) is 4.09. The fourth-order valence-corrected chi connectivity index (χ4v) is 1.75.